The molecule has 0 spiro atoms. The maximum atomic E-state index is 10.8. The quantitative estimate of drug-likeness (QED) is 0.680. The molecule has 1 fully saturated rings. The van der Waals surface area contributed by atoms with Crippen LogP contribution in [0.1, 0.15) is 32.6 Å². The second kappa shape index (κ2) is 3.96. The summed E-state index contributed by atoms with van der Waals surface area (Å²) in [6.07, 6.45) is 5.78. The van der Waals surface area contributed by atoms with Gasteiger partial charge in [0.25, 0.3) is 0 Å². The summed E-state index contributed by atoms with van der Waals surface area (Å²) >= 11 is 0. The Morgan fingerprint density at radius 3 is 2.38 bits per heavy atom. The van der Waals surface area contributed by atoms with Crippen molar-refractivity contribution in [3.05, 3.63) is 0 Å². The fourth-order valence-electron chi connectivity index (χ4n) is 1.61. The van der Waals surface area contributed by atoms with Gasteiger partial charge in [0.1, 0.15) is 9.84 Å². The van der Waals surface area contributed by atoms with Crippen LogP contribution >= 0.6 is 0 Å². The van der Waals surface area contributed by atoms with Crippen LogP contribution in [0.5, 0.6) is 0 Å². The summed E-state index contributed by atoms with van der Waals surface area (Å²) in [5, 5.41) is 3.40. The lowest BCUT2D eigenvalue weighted by atomic mass is 9.78. The molecule has 13 heavy (non-hydrogen) atoms. The Bertz CT molecular complexity index is 255. The molecule has 1 aliphatic rings. The zero-order valence-electron chi connectivity index (χ0n) is 8.47. The predicted molar refractivity (Wildman–Crippen MR) is 54.6 cm³/mol. The lowest BCUT2D eigenvalue weighted by Gasteiger charge is -2.39. The Morgan fingerprint density at radius 1 is 1.38 bits per heavy atom. The lowest BCUT2D eigenvalue weighted by molar-refractivity contribution is 0.210. The van der Waals surface area contributed by atoms with Crippen molar-refractivity contribution in [3.63, 3.8) is 0 Å². The molecule has 0 aromatic rings. The largest absolute Gasteiger partial charge is 0.311 e. The minimum atomic E-state index is -2.77. The maximum Gasteiger partial charge on any atom is 0.147 e. The summed E-state index contributed by atoms with van der Waals surface area (Å²) in [5.74, 6) is 0.302. The standard InChI is InChI=1S/C9H19NO2S/c1-9(5-3-6-9)10-7-4-8-13(2,11)12/h10H,3-8H2,1-2H3. The first kappa shape index (κ1) is 11.0. The smallest absolute Gasteiger partial charge is 0.147 e. The molecule has 0 unspecified atom stereocenters. The number of rotatable bonds is 5. The van der Waals surface area contributed by atoms with Crippen LogP contribution in [0.2, 0.25) is 0 Å². The fraction of sp³-hybridized carbons (Fsp3) is 1.00. The molecule has 1 N–H and O–H groups in total. The Labute approximate surface area is 80.8 Å². The second-order valence-corrected chi connectivity index (χ2v) is 6.58. The highest BCUT2D eigenvalue weighted by atomic mass is 32.2. The molecule has 1 aliphatic carbocycles. The van der Waals surface area contributed by atoms with Crippen molar-refractivity contribution >= 4 is 9.84 Å². The SMILES string of the molecule is CC1(NCCCS(C)(=O)=O)CCC1. The van der Waals surface area contributed by atoms with E-state index in [1.807, 2.05) is 0 Å². The van der Waals surface area contributed by atoms with Crippen molar-refractivity contribution in [2.24, 2.45) is 0 Å². The Hall–Kier alpha value is -0.0900. The average Bonchev–Trinajstić information content (AvgIpc) is 1.93. The number of hydrogen-bond acceptors (Lipinski definition) is 3. The zero-order valence-corrected chi connectivity index (χ0v) is 9.28. The van der Waals surface area contributed by atoms with Crippen molar-refractivity contribution < 1.29 is 8.42 Å². The molecule has 0 aromatic heterocycles. The molecule has 0 bridgehead atoms. The molecule has 0 saturated heterocycles. The van der Waals surface area contributed by atoms with Crippen LogP contribution in [0.25, 0.3) is 0 Å². The van der Waals surface area contributed by atoms with Crippen molar-refractivity contribution in [2.75, 3.05) is 18.6 Å². The van der Waals surface area contributed by atoms with Crippen LogP contribution in [0.15, 0.2) is 0 Å². The van der Waals surface area contributed by atoms with Crippen molar-refractivity contribution in [2.45, 2.75) is 38.1 Å². The van der Waals surface area contributed by atoms with Crippen LogP contribution in [-0.2, 0) is 9.84 Å². The number of nitrogens with one attached hydrogen (secondary N) is 1. The maximum absolute atomic E-state index is 10.8. The molecule has 1 saturated carbocycles. The van der Waals surface area contributed by atoms with Crippen LogP contribution < -0.4 is 5.32 Å². The average molecular weight is 205 g/mol. The molecule has 0 aliphatic heterocycles. The first-order valence-electron chi connectivity index (χ1n) is 4.84. The van der Waals surface area contributed by atoms with Crippen LogP contribution in [0.3, 0.4) is 0 Å². The van der Waals surface area contributed by atoms with Crippen LogP contribution in [0.4, 0.5) is 0 Å². The number of hydrogen-bond donors (Lipinski definition) is 1. The third-order valence-corrected chi connectivity index (χ3v) is 3.73. The van der Waals surface area contributed by atoms with E-state index in [1.165, 1.54) is 25.5 Å². The molecule has 0 aromatic carbocycles. The summed E-state index contributed by atoms with van der Waals surface area (Å²) in [6.45, 7) is 3.03. The molecule has 3 nitrogen and oxygen atoms in total. The summed E-state index contributed by atoms with van der Waals surface area (Å²) in [7, 11) is -2.77. The first-order chi connectivity index (χ1) is 5.91. The Morgan fingerprint density at radius 2 is 2.00 bits per heavy atom. The summed E-state index contributed by atoms with van der Waals surface area (Å²) in [6, 6.07) is 0. The normalized spacial score (nSPS) is 21.1. The van der Waals surface area contributed by atoms with Gasteiger partial charge >= 0.3 is 0 Å². The van der Waals surface area contributed by atoms with Gasteiger partial charge in [0, 0.05) is 11.8 Å². The Kier molecular flexibility index (Phi) is 3.35. The van der Waals surface area contributed by atoms with Gasteiger partial charge in [-0.1, -0.05) is 0 Å². The minimum absolute atomic E-state index is 0.302. The molecule has 1 rings (SSSR count). The van der Waals surface area contributed by atoms with Gasteiger partial charge in [0.2, 0.25) is 0 Å². The van der Waals surface area contributed by atoms with Gasteiger partial charge in [0.05, 0.1) is 5.75 Å². The van der Waals surface area contributed by atoms with E-state index in [9.17, 15) is 8.42 Å². The highest BCUT2D eigenvalue weighted by Crippen LogP contribution is 2.30. The molecule has 0 heterocycles. The monoisotopic (exact) mass is 205 g/mol. The van der Waals surface area contributed by atoms with Gasteiger partial charge in [-0.15, -0.1) is 0 Å². The third-order valence-electron chi connectivity index (χ3n) is 2.70. The predicted octanol–water partition coefficient (Wildman–Crippen LogP) is 0.953. The molecule has 78 valence electrons. The first-order valence-corrected chi connectivity index (χ1v) is 6.90. The van der Waals surface area contributed by atoms with E-state index in [0.29, 0.717) is 11.3 Å². The van der Waals surface area contributed by atoms with Gasteiger partial charge in [-0.25, -0.2) is 8.42 Å². The van der Waals surface area contributed by atoms with Crippen molar-refractivity contribution in [1.82, 2.24) is 5.32 Å². The summed E-state index contributed by atoms with van der Waals surface area (Å²) in [5.41, 5.74) is 0.303. The molecular formula is C9H19NO2S. The number of sulfone groups is 1. The molecule has 0 radical (unpaired) electrons. The van der Waals surface area contributed by atoms with E-state index in [4.69, 9.17) is 0 Å². The van der Waals surface area contributed by atoms with Crippen molar-refractivity contribution in [3.8, 4) is 0 Å². The van der Waals surface area contributed by atoms with Gasteiger partial charge in [-0.05, 0) is 39.2 Å². The summed E-state index contributed by atoms with van der Waals surface area (Å²) < 4.78 is 21.6. The Balaban J connectivity index is 2.08. The molecule has 4 heteroatoms. The highest BCUT2D eigenvalue weighted by molar-refractivity contribution is 7.90. The van der Waals surface area contributed by atoms with E-state index in [0.717, 1.165) is 13.0 Å². The topological polar surface area (TPSA) is 46.2 Å². The van der Waals surface area contributed by atoms with Gasteiger partial charge in [0.15, 0.2) is 0 Å². The lowest BCUT2D eigenvalue weighted by Crippen LogP contribution is -2.48. The fourth-order valence-corrected chi connectivity index (χ4v) is 2.28. The van der Waals surface area contributed by atoms with Crippen molar-refractivity contribution in [1.29, 1.82) is 0 Å². The second-order valence-electron chi connectivity index (χ2n) is 4.32. The van der Waals surface area contributed by atoms with E-state index in [-0.39, 0.29) is 0 Å². The van der Waals surface area contributed by atoms with E-state index in [2.05, 4.69) is 12.2 Å². The third kappa shape index (κ3) is 4.09. The van der Waals surface area contributed by atoms with Crippen LogP contribution in [0, 0.1) is 0 Å². The zero-order chi connectivity index (χ0) is 9.95. The highest BCUT2D eigenvalue weighted by Gasteiger charge is 2.30. The van der Waals surface area contributed by atoms with Gasteiger partial charge < -0.3 is 5.32 Å². The van der Waals surface area contributed by atoms with E-state index >= 15 is 0 Å². The molecular weight excluding hydrogens is 186 g/mol. The van der Waals surface area contributed by atoms with Crippen LogP contribution in [-0.4, -0.2) is 32.5 Å². The summed E-state index contributed by atoms with van der Waals surface area (Å²) in [4.78, 5) is 0. The van der Waals surface area contributed by atoms with E-state index in [1.54, 1.807) is 0 Å². The van der Waals surface area contributed by atoms with Gasteiger partial charge in [-0.2, -0.15) is 0 Å². The van der Waals surface area contributed by atoms with Gasteiger partial charge in [-0.3, -0.25) is 0 Å². The minimum Gasteiger partial charge on any atom is -0.311 e. The molecule has 0 amide bonds. The molecule has 0 atom stereocenters. The van der Waals surface area contributed by atoms with E-state index < -0.39 is 9.84 Å².